The van der Waals surface area contributed by atoms with Gasteiger partial charge in [-0.15, -0.1) is 0 Å². The van der Waals surface area contributed by atoms with E-state index in [9.17, 15) is 0 Å². The first kappa shape index (κ1) is 13.2. The predicted octanol–water partition coefficient (Wildman–Crippen LogP) is 5.15. The van der Waals surface area contributed by atoms with Crippen LogP contribution in [0.4, 0.5) is 0 Å². The van der Waals surface area contributed by atoms with Gasteiger partial charge in [0.1, 0.15) is 5.65 Å². The molecule has 4 rings (SSSR count). The highest BCUT2D eigenvalue weighted by Crippen LogP contribution is 2.28. The lowest BCUT2D eigenvalue weighted by atomic mass is 10.2. The summed E-state index contributed by atoms with van der Waals surface area (Å²) in [5, 5.41) is 0. The Kier molecular flexibility index (Phi) is 3.41. The maximum atomic E-state index is 4.68. The van der Waals surface area contributed by atoms with Gasteiger partial charge in [0.05, 0.1) is 5.69 Å². The van der Waals surface area contributed by atoms with Crippen molar-refractivity contribution in [1.82, 2.24) is 9.38 Å². The van der Waals surface area contributed by atoms with E-state index in [4.69, 9.17) is 0 Å². The summed E-state index contributed by atoms with van der Waals surface area (Å²) >= 11 is 1.76. The molecule has 3 heteroatoms. The van der Waals surface area contributed by atoms with Crippen molar-refractivity contribution in [2.75, 3.05) is 0 Å². The third kappa shape index (κ3) is 2.63. The van der Waals surface area contributed by atoms with E-state index in [1.54, 1.807) is 11.8 Å². The monoisotopic (exact) mass is 302 g/mol. The van der Waals surface area contributed by atoms with E-state index in [0.29, 0.717) is 0 Å². The molecule has 4 aromatic rings. The average molecular weight is 302 g/mol. The van der Waals surface area contributed by atoms with Crippen LogP contribution in [0.3, 0.4) is 0 Å². The smallest absolute Gasteiger partial charge is 0.137 e. The van der Waals surface area contributed by atoms with Crippen molar-refractivity contribution in [2.45, 2.75) is 9.79 Å². The third-order valence-corrected chi connectivity index (χ3v) is 4.46. The lowest BCUT2D eigenvalue weighted by molar-refractivity contribution is 1.13. The number of pyridine rings is 1. The van der Waals surface area contributed by atoms with Crippen LogP contribution in [0.25, 0.3) is 16.9 Å². The average Bonchev–Trinajstić information content (AvgIpc) is 3.00. The zero-order chi connectivity index (χ0) is 14.8. The molecular formula is C19H14N2S. The van der Waals surface area contributed by atoms with E-state index in [0.717, 1.165) is 16.9 Å². The van der Waals surface area contributed by atoms with Crippen LogP contribution in [-0.4, -0.2) is 9.38 Å². The number of aromatic nitrogens is 2. The number of nitrogens with zero attached hydrogens (tertiary/aromatic N) is 2. The van der Waals surface area contributed by atoms with Crippen LogP contribution in [0.1, 0.15) is 0 Å². The van der Waals surface area contributed by atoms with Gasteiger partial charge in [0.2, 0.25) is 0 Å². The van der Waals surface area contributed by atoms with Gasteiger partial charge in [0, 0.05) is 27.7 Å². The SMILES string of the molecule is c1ccc(Sc2ccc3nc(-c4ccccc4)cn3c2)cc1. The van der Waals surface area contributed by atoms with Crippen LogP contribution in [-0.2, 0) is 0 Å². The second-order valence-corrected chi connectivity index (χ2v) is 6.18. The van der Waals surface area contributed by atoms with Crippen LogP contribution in [0.15, 0.2) is 95.0 Å². The van der Waals surface area contributed by atoms with Gasteiger partial charge in [-0.3, -0.25) is 0 Å². The molecule has 0 atom stereocenters. The van der Waals surface area contributed by atoms with E-state index >= 15 is 0 Å². The Morgan fingerprint density at radius 2 is 1.41 bits per heavy atom. The minimum atomic E-state index is 0.969. The Hall–Kier alpha value is -2.52. The van der Waals surface area contributed by atoms with Gasteiger partial charge >= 0.3 is 0 Å². The summed E-state index contributed by atoms with van der Waals surface area (Å²) < 4.78 is 2.09. The van der Waals surface area contributed by atoms with Gasteiger partial charge in [0.15, 0.2) is 0 Å². The van der Waals surface area contributed by atoms with E-state index in [-0.39, 0.29) is 0 Å². The summed E-state index contributed by atoms with van der Waals surface area (Å²) in [7, 11) is 0. The number of imidazole rings is 1. The fourth-order valence-electron chi connectivity index (χ4n) is 2.40. The normalized spacial score (nSPS) is 10.9. The number of fused-ring (bicyclic) bond motifs is 1. The molecule has 0 radical (unpaired) electrons. The molecule has 2 nitrogen and oxygen atoms in total. The fourth-order valence-corrected chi connectivity index (χ4v) is 3.27. The summed E-state index contributed by atoms with van der Waals surface area (Å²) in [6.07, 6.45) is 4.21. The zero-order valence-corrected chi connectivity index (χ0v) is 12.7. The van der Waals surface area contributed by atoms with Gasteiger partial charge in [-0.1, -0.05) is 60.3 Å². The van der Waals surface area contributed by atoms with Crippen molar-refractivity contribution >= 4 is 17.4 Å². The van der Waals surface area contributed by atoms with Gasteiger partial charge in [0.25, 0.3) is 0 Å². The largest absolute Gasteiger partial charge is 0.305 e. The van der Waals surface area contributed by atoms with Crippen molar-refractivity contribution in [3.8, 4) is 11.3 Å². The van der Waals surface area contributed by atoms with Crippen molar-refractivity contribution in [1.29, 1.82) is 0 Å². The van der Waals surface area contributed by atoms with Crippen LogP contribution < -0.4 is 0 Å². The Morgan fingerprint density at radius 3 is 2.18 bits per heavy atom. The predicted molar refractivity (Wildman–Crippen MR) is 91.2 cm³/mol. The molecule has 0 bridgehead atoms. The third-order valence-electron chi connectivity index (χ3n) is 3.47. The van der Waals surface area contributed by atoms with Gasteiger partial charge in [-0.2, -0.15) is 0 Å². The van der Waals surface area contributed by atoms with Crippen molar-refractivity contribution in [3.63, 3.8) is 0 Å². The topological polar surface area (TPSA) is 17.3 Å². The molecule has 106 valence electrons. The highest BCUT2D eigenvalue weighted by molar-refractivity contribution is 7.99. The number of rotatable bonds is 3. The van der Waals surface area contributed by atoms with Crippen molar-refractivity contribution < 1.29 is 0 Å². The number of hydrogen-bond donors (Lipinski definition) is 0. The van der Waals surface area contributed by atoms with Gasteiger partial charge < -0.3 is 4.40 Å². The van der Waals surface area contributed by atoms with Crippen LogP contribution >= 0.6 is 11.8 Å². The lowest BCUT2D eigenvalue weighted by Crippen LogP contribution is -1.83. The first-order valence-corrected chi connectivity index (χ1v) is 7.97. The van der Waals surface area contributed by atoms with Crippen LogP contribution in [0.2, 0.25) is 0 Å². The number of benzene rings is 2. The molecule has 0 N–H and O–H groups in total. The molecule has 0 aliphatic heterocycles. The maximum absolute atomic E-state index is 4.68. The van der Waals surface area contributed by atoms with E-state index in [2.05, 4.69) is 70.3 Å². The highest BCUT2D eigenvalue weighted by Gasteiger charge is 2.05. The van der Waals surface area contributed by atoms with Gasteiger partial charge in [-0.05, 0) is 24.3 Å². The lowest BCUT2D eigenvalue weighted by Gasteiger charge is -2.02. The second kappa shape index (κ2) is 5.70. The summed E-state index contributed by atoms with van der Waals surface area (Å²) in [5.74, 6) is 0. The molecule has 0 saturated carbocycles. The summed E-state index contributed by atoms with van der Waals surface area (Å²) in [4.78, 5) is 7.13. The minimum Gasteiger partial charge on any atom is -0.305 e. The quantitative estimate of drug-likeness (QED) is 0.520. The molecule has 0 aliphatic carbocycles. The standard InChI is InChI=1S/C19H14N2S/c1-3-7-15(8-4-1)18-14-21-13-17(11-12-19(21)20-18)22-16-9-5-2-6-10-16/h1-14H. The van der Waals surface area contributed by atoms with E-state index in [1.165, 1.54) is 9.79 Å². The molecule has 0 aliphatic rings. The summed E-state index contributed by atoms with van der Waals surface area (Å²) in [6, 6.07) is 24.9. The molecule has 22 heavy (non-hydrogen) atoms. The Morgan fingerprint density at radius 1 is 0.682 bits per heavy atom. The molecule has 0 fully saturated rings. The molecule has 0 unspecified atom stereocenters. The first-order valence-electron chi connectivity index (χ1n) is 7.15. The Labute approximate surface area is 133 Å². The molecule has 2 heterocycles. The molecule has 0 saturated heterocycles. The van der Waals surface area contributed by atoms with Crippen molar-refractivity contribution in [3.05, 3.63) is 85.2 Å². The van der Waals surface area contributed by atoms with E-state index in [1.807, 2.05) is 24.3 Å². The molecule has 2 aromatic heterocycles. The van der Waals surface area contributed by atoms with Crippen LogP contribution in [0.5, 0.6) is 0 Å². The zero-order valence-electron chi connectivity index (χ0n) is 11.9. The molecule has 0 amide bonds. The highest BCUT2D eigenvalue weighted by atomic mass is 32.2. The maximum Gasteiger partial charge on any atom is 0.137 e. The first-order chi connectivity index (χ1) is 10.9. The fraction of sp³-hybridized carbons (Fsp3) is 0. The minimum absolute atomic E-state index is 0.969. The van der Waals surface area contributed by atoms with Gasteiger partial charge in [-0.25, -0.2) is 4.98 Å². The summed E-state index contributed by atoms with van der Waals surface area (Å²) in [5.41, 5.74) is 3.11. The summed E-state index contributed by atoms with van der Waals surface area (Å²) in [6.45, 7) is 0. The Bertz CT molecular complexity index is 899. The van der Waals surface area contributed by atoms with E-state index < -0.39 is 0 Å². The van der Waals surface area contributed by atoms with Crippen molar-refractivity contribution in [2.24, 2.45) is 0 Å². The molecule has 2 aromatic carbocycles. The Balaban J connectivity index is 1.69. The second-order valence-electron chi connectivity index (χ2n) is 5.04. The molecular weight excluding hydrogens is 288 g/mol. The number of hydrogen-bond acceptors (Lipinski definition) is 2. The van der Waals surface area contributed by atoms with Crippen LogP contribution in [0, 0.1) is 0 Å². The molecule has 0 spiro atoms.